The van der Waals surface area contributed by atoms with Gasteiger partial charge in [0.2, 0.25) is 0 Å². The molecular weight excluding hydrogens is 282 g/mol. The van der Waals surface area contributed by atoms with Crippen LogP contribution in [0.5, 0.6) is 0 Å². The van der Waals surface area contributed by atoms with Crippen LogP contribution in [0.4, 0.5) is 5.69 Å². The number of hydrogen-bond acceptors (Lipinski definition) is 5. The minimum atomic E-state index is -1.13. The van der Waals surface area contributed by atoms with Gasteiger partial charge in [-0.05, 0) is 0 Å². The van der Waals surface area contributed by atoms with Crippen LogP contribution in [0.3, 0.4) is 0 Å². The SMILES string of the molecule is O=C(O)c1cn(CCNC(=O)c2cc([N+](=O)[O-])c[nH]2)cn1. The Kier molecular flexibility index (Phi) is 3.97. The molecule has 0 fully saturated rings. The Bertz CT molecular complexity index is 689. The molecule has 0 aromatic carbocycles. The maximum Gasteiger partial charge on any atom is 0.356 e. The molecule has 0 saturated carbocycles. The number of H-pyrrole nitrogens is 1. The number of carbonyl (C=O) groups is 2. The molecule has 2 heterocycles. The molecule has 3 N–H and O–H groups in total. The predicted molar refractivity (Wildman–Crippen MR) is 69.0 cm³/mol. The monoisotopic (exact) mass is 293 g/mol. The van der Waals surface area contributed by atoms with Gasteiger partial charge in [0, 0.05) is 25.4 Å². The minimum absolute atomic E-state index is 0.0820. The fourth-order valence-corrected chi connectivity index (χ4v) is 1.61. The van der Waals surface area contributed by atoms with Crippen LogP contribution >= 0.6 is 0 Å². The van der Waals surface area contributed by atoms with Gasteiger partial charge < -0.3 is 20.0 Å². The summed E-state index contributed by atoms with van der Waals surface area (Å²) in [4.78, 5) is 38.4. The molecule has 0 aliphatic rings. The maximum atomic E-state index is 11.7. The summed E-state index contributed by atoms with van der Waals surface area (Å²) in [5.74, 6) is -1.61. The number of amides is 1. The number of aromatic amines is 1. The van der Waals surface area contributed by atoms with Gasteiger partial charge in [-0.2, -0.15) is 0 Å². The zero-order chi connectivity index (χ0) is 15.4. The molecule has 1 amide bonds. The number of hydrogen-bond donors (Lipinski definition) is 3. The summed E-state index contributed by atoms with van der Waals surface area (Å²) in [5, 5.41) is 21.7. The Hall–Kier alpha value is -3.17. The molecule has 0 radical (unpaired) electrons. The first-order valence-electron chi connectivity index (χ1n) is 5.83. The van der Waals surface area contributed by atoms with E-state index < -0.39 is 16.8 Å². The first-order valence-corrected chi connectivity index (χ1v) is 5.83. The highest BCUT2D eigenvalue weighted by Crippen LogP contribution is 2.11. The standard InChI is InChI=1S/C11H11N5O5/c17-10(8-3-7(4-13-8)16(20)21)12-1-2-15-5-9(11(18)19)14-6-15/h3-6,13H,1-2H2,(H,12,17)(H,18,19). The Morgan fingerprint density at radius 2 is 2.29 bits per heavy atom. The minimum Gasteiger partial charge on any atom is -0.476 e. The van der Waals surface area contributed by atoms with Crippen molar-refractivity contribution in [3.8, 4) is 0 Å². The highest BCUT2D eigenvalue weighted by Gasteiger charge is 2.14. The van der Waals surface area contributed by atoms with Crippen molar-refractivity contribution in [2.24, 2.45) is 0 Å². The number of aromatic carboxylic acids is 1. The molecule has 21 heavy (non-hydrogen) atoms. The highest BCUT2D eigenvalue weighted by atomic mass is 16.6. The Morgan fingerprint density at radius 1 is 1.52 bits per heavy atom. The van der Waals surface area contributed by atoms with Gasteiger partial charge in [0.1, 0.15) is 5.69 Å². The number of rotatable bonds is 6. The molecule has 2 rings (SSSR count). The molecule has 2 aromatic rings. The lowest BCUT2D eigenvalue weighted by Crippen LogP contribution is -2.27. The average Bonchev–Trinajstić information content (AvgIpc) is 3.07. The number of aromatic nitrogens is 3. The van der Waals surface area contributed by atoms with Crippen molar-refractivity contribution in [3.63, 3.8) is 0 Å². The number of carboxylic acids is 1. The fraction of sp³-hybridized carbons (Fsp3) is 0.182. The molecule has 10 heteroatoms. The maximum absolute atomic E-state index is 11.7. The average molecular weight is 293 g/mol. The van der Waals surface area contributed by atoms with E-state index in [1.54, 1.807) is 0 Å². The van der Waals surface area contributed by atoms with Crippen molar-refractivity contribution in [2.75, 3.05) is 6.54 Å². The second-order valence-electron chi connectivity index (χ2n) is 4.09. The van der Waals surface area contributed by atoms with Crippen LogP contribution in [0.1, 0.15) is 21.0 Å². The first-order chi connectivity index (χ1) is 9.97. The van der Waals surface area contributed by atoms with E-state index in [0.29, 0.717) is 6.54 Å². The van der Waals surface area contributed by atoms with Crippen LogP contribution in [0.25, 0.3) is 0 Å². The molecule has 0 bridgehead atoms. The summed E-state index contributed by atoms with van der Waals surface area (Å²) >= 11 is 0. The molecule has 110 valence electrons. The van der Waals surface area contributed by atoms with Crippen LogP contribution in [0.2, 0.25) is 0 Å². The van der Waals surface area contributed by atoms with Gasteiger partial charge in [-0.1, -0.05) is 0 Å². The van der Waals surface area contributed by atoms with E-state index in [-0.39, 0.29) is 23.6 Å². The van der Waals surface area contributed by atoms with Crippen molar-refractivity contribution >= 4 is 17.6 Å². The third-order valence-electron chi connectivity index (χ3n) is 2.63. The first kappa shape index (κ1) is 14.2. The number of nitrogens with one attached hydrogen (secondary N) is 2. The lowest BCUT2D eigenvalue weighted by Gasteiger charge is -2.03. The second-order valence-corrected chi connectivity index (χ2v) is 4.09. The third-order valence-corrected chi connectivity index (χ3v) is 2.63. The fourth-order valence-electron chi connectivity index (χ4n) is 1.61. The van der Waals surface area contributed by atoms with Crippen molar-refractivity contribution in [1.82, 2.24) is 19.9 Å². The number of nitrogens with zero attached hydrogens (tertiary/aromatic N) is 3. The summed E-state index contributed by atoms with van der Waals surface area (Å²) < 4.78 is 1.51. The normalized spacial score (nSPS) is 10.3. The van der Waals surface area contributed by atoms with Crippen LogP contribution in [0, 0.1) is 10.1 Å². The molecule has 0 unspecified atom stereocenters. The van der Waals surface area contributed by atoms with Gasteiger partial charge in [0.15, 0.2) is 5.69 Å². The predicted octanol–water partition coefficient (Wildman–Crippen LogP) is 0.248. The second kappa shape index (κ2) is 5.86. The summed E-state index contributed by atoms with van der Waals surface area (Å²) in [7, 11) is 0. The lowest BCUT2D eigenvalue weighted by atomic mass is 10.4. The van der Waals surface area contributed by atoms with E-state index in [0.717, 1.165) is 12.3 Å². The van der Waals surface area contributed by atoms with E-state index >= 15 is 0 Å². The molecule has 0 atom stereocenters. The summed E-state index contributed by atoms with van der Waals surface area (Å²) in [5.41, 5.74) is -0.194. The zero-order valence-electron chi connectivity index (χ0n) is 10.6. The van der Waals surface area contributed by atoms with Gasteiger partial charge in [0.05, 0.1) is 17.4 Å². The molecule has 0 spiro atoms. The van der Waals surface area contributed by atoms with Crippen LogP contribution in [-0.4, -0.2) is 43.0 Å². The van der Waals surface area contributed by atoms with E-state index in [9.17, 15) is 19.7 Å². The summed E-state index contributed by atoms with van der Waals surface area (Å²) in [6, 6.07) is 1.13. The number of carboxylic acid groups (broad SMARTS) is 1. The molecule has 2 aromatic heterocycles. The van der Waals surface area contributed by atoms with E-state index in [4.69, 9.17) is 5.11 Å². The smallest absolute Gasteiger partial charge is 0.356 e. The van der Waals surface area contributed by atoms with Gasteiger partial charge in [-0.25, -0.2) is 9.78 Å². The topological polar surface area (TPSA) is 143 Å². The van der Waals surface area contributed by atoms with Crippen LogP contribution < -0.4 is 5.32 Å². The van der Waals surface area contributed by atoms with Crippen molar-refractivity contribution in [1.29, 1.82) is 0 Å². The molecule has 10 nitrogen and oxygen atoms in total. The van der Waals surface area contributed by atoms with Crippen LogP contribution in [-0.2, 0) is 6.54 Å². The number of nitro groups is 1. The van der Waals surface area contributed by atoms with Crippen LogP contribution in [0.15, 0.2) is 24.8 Å². The Labute approximate surface area is 117 Å². The van der Waals surface area contributed by atoms with Gasteiger partial charge in [0.25, 0.3) is 11.6 Å². The molecule has 0 aliphatic heterocycles. The van der Waals surface area contributed by atoms with Crippen molar-refractivity contribution < 1.29 is 19.6 Å². The highest BCUT2D eigenvalue weighted by molar-refractivity contribution is 5.93. The molecular formula is C11H11N5O5. The van der Waals surface area contributed by atoms with Gasteiger partial charge in [-0.15, -0.1) is 0 Å². The quantitative estimate of drug-likeness (QED) is 0.514. The van der Waals surface area contributed by atoms with Gasteiger partial charge >= 0.3 is 5.97 Å². The Balaban J connectivity index is 1.85. The lowest BCUT2D eigenvalue weighted by molar-refractivity contribution is -0.384. The van der Waals surface area contributed by atoms with E-state index in [2.05, 4.69) is 15.3 Å². The summed E-state index contributed by atoms with van der Waals surface area (Å²) in [6.45, 7) is 0.551. The van der Waals surface area contributed by atoms with Gasteiger partial charge in [-0.3, -0.25) is 14.9 Å². The van der Waals surface area contributed by atoms with E-state index in [1.807, 2.05) is 0 Å². The Morgan fingerprint density at radius 3 is 2.86 bits per heavy atom. The molecule has 0 saturated heterocycles. The summed E-state index contributed by atoms with van der Waals surface area (Å²) in [6.07, 6.45) is 3.81. The molecule has 0 aliphatic carbocycles. The number of imidazole rings is 1. The van der Waals surface area contributed by atoms with E-state index in [1.165, 1.54) is 17.1 Å². The van der Waals surface area contributed by atoms with Crippen molar-refractivity contribution in [2.45, 2.75) is 6.54 Å². The van der Waals surface area contributed by atoms with Crippen molar-refractivity contribution in [3.05, 3.63) is 46.3 Å². The third kappa shape index (κ3) is 3.43. The zero-order valence-corrected chi connectivity index (χ0v) is 10.6. The largest absolute Gasteiger partial charge is 0.476 e. The number of carbonyl (C=O) groups excluding carboxylic acids is 1.